The third kappa shape index (κ3) is 16.4. The molecular weight excluding hydrogens is 1680 g/mol. The molecule has 2 saturated heterocycles. The SMILES string of the molecule is COc1c(C)c(OC)c2c(c1O)C(CNC(=O)OCC1c3ccccc3-c3ccccc31)N1[C@@H](C#N)[C@@H]3Cc4c(OC)c(C)c(OC)c(O)c4[C@H]([C@@H]1C2)N3CC#N.[C-]#[N+]CN1C(C([N+]#[C-])N2CCO[C@@H](CCO[Si](C)(C(C)C)C(C)C)C2)Cc2c(OC)c(C)c(OC)c(O)c2C1C1Cc2c(OC)c(C)c(OC)c(O)c2[C@H](CNC(=O)OCC2c3ccccc3-c3ccccc32)N1. The van der Waals surface area contributed by atoms with Crippen LogP contribution in [0.4, 0.5) is 9.59 Å². The van der Waals surface area contributed by atoms with Gasteiger partial charge in [-0.1, -0.05) is 125 Å². The van der Waals surface area contributed by atoms with Crippen molar-refractivity contribution >= 4 is 20.5 Å². The van der Waals surface area contributed by atoms with E-state index in [4.69, 9.17) is 69.7 Å². The molecule has 0 saturated carbocycles. The topological polar surface area (TPSA) is 331 Å². The number of nitriles is 2. The molecule has 6 heterocycles. The van der Waals surface area contributed by atoms with Crippen LogP contribution in [0, 0.1) is 63.5 Å². The molecule has 0 spiro atoms. The fourth-order valence-corrected chi connectivity index (χ4v) is 25.4. The number of amides is 2. The lowest BCUT2D eigenvalue weighted by atomic mass is 9.71. The molecule has 2 aliphatic carbocycles. The van der Waals surface area contributed by atoms with Crippen LogP contribution in [0.3, 0.4) is 0 Å². The fraction of sp³-hybridized carbons (Fsp3) is 0.465. The van der Waals surface area contributed by atoms with Gasteiger partial charge in [0.1, 0.15) is 48.3 Å². The van der Waals surface area contributed by atoms with E-state index in [1.54, 1.807) is 35.4 Å². The van der Waals surface area contributed by atoms with Gasteiger partial charge >= 0.3 is 12.2 Å². The molecule has 2 amide bonds. The van der Waals surface area contributed by atoms with E-state index < -0.39 is 81.0 Å². The van der Waals surface area contributed by atoms with Gasteiger partial charge in [-0.15, -0.1) is 0 Å². The number of nitrogens with zero attached hydrogens (tertiary/aromatic N) is 8. The maximum atomic E-state index is 13.9. The first kappa shape index (κ1) is 93.5. The Labute approximate surface area is 767 Å². The number of hydrogen-bond acceptors (Lipinski definition) is 25. The van der Waals surface area contributed by atoms with E-state index in [0.29, 0.717) is 128 Å². The Bertz CT molecular complexity index is 5760. The molecule has 16 rings (SSSR count). The minimum atomic E-state index is -2.00. The number of phenolic OH excluding ortho intramolecular Hbond substituents is 4. The highest BCUT2D eigenvalue weighted by Crippen LogP contribution is 2.61. The Morgan fingerprint density at radius 1 is 0.557 bits per heavy atom. The summed E-state index contributed by atoms with van der Waals surface area (Å²) in [6, 6.07) is 31.2. The molecule has 2 bridgehead atoms. The summed E-state index contributed by atoms with van der Waals surface area (Å²) in [7, 11) is 10.2. The summed E-state index contributed by atoms with van der Waals surface area (Å²) >= 11 is 0. The third-order valence-corrected chi connectivity index (χ3v) is 34.5. The van der Waals surface area contributed by atoms with Crippen molar-refractivity contribution in [1.29, 1.82) is 10.5 Å². The van der Waals surface area contributed by atoms with Crippen LogP contribution in [0.15, 0.2) is 97.1 Å². The Morgan fingerprint density at radius 3 is 1.42 bits per heavy atom. The summed E-state index contributed by atoms with van der Waals surface area (Å²) in [5.41, 5.74) is 16.9. The van der Waals surface area contributed by atoms with Crippen molar-refractivity contribution < 1.29 is 86.5 Å². The zero-order valence-corrected chi connectivity index (χ0v) is 78.6. The van der Waals surface area contributed by atoms with E-state index in [-0.39, 0.29) is 129 Å². The summed E-state index contributed by atoms with van der Waals surface area (Å²) in [6.45, 7) is 37.9. The molecule has 131 heavy (non-hydrogen) atoms. The number of piperazine rings is 1. The lowest BCUT2D eigenvalue weighted by molar-refractivity contribution is -0.0787. The Kier molecular flexibility index (Phi) is 27.9. The number of fused-ring (bicyclic) bond motifs is 15. The highest BCUT2D eigenvalue weighted by Gasteiger charge is 2.59. The van der Waals surface area contributed by atoms with Gasteiger partial charge in [-0.25, -0.2) is 32.5 Å². The van der Waals surface area contributed by atoms with Crippen molar-refractivity contribution in [3.63, 3.8) is 0 Å². The van der Waals surface area contributed by atoms with Crippen LogP contribution in [0.1, 0.15) is 159 Å². The molecule has 8 aromatic carbocycles. The van der Waals surface area contributed by atoms with Gasteiger partial charge in [0, 0.05) is 136 Å². The smallest absolute Gasteiger partial charge is 0.407 e. The first-order chi connectivity index (χ1) is 63.2. The number of hydrogen-bond donors (Lipinski definition) is 7. The number of carbonyl (C=O) groups is 2. The number of morpholine rings is 1. The van der Waals surface area contributed by atoms with Crippen molar-refractivity contribution in [2.45, 2.75) is 184 Å². The van der Waals surface area contributed by atoms with Gasteiger partial charge in [-0.3, -0.25) is 19.5 Å². The monoisotopic (exact) mass is 1800 g/mol. The fourth-order valence-electron chi connectivity index (χ4n) is 22.8. The zero-order valence-electron chi connectivity index (χ0n) is 77.6. The summed E-state index contributed by atoms with van der Waals surface area (Å²) in [4.78, 5) is 44.3. The van der Waals surface area contributed by atoms with Crippen LogP contribution < -0.4 is 53.8 Å². The predicted molar refractivity (Wildman–Crippen MR) is 495 cm³/mol. The largest absolute Gasteiger partial charge is 0.504 e. The minimum absolute atomic E-state index is 0.0191. The van der Waals surface area contributed by atoms with E-state index in [2.05, 4.69) is 125 Å². The number of aromatic hydroxyl groups is 4. The van der Waals surface area contributed by atoms with Crippen LogP contribution in [0.2, 0.25) is 17.6 Å². The predicted octanol–water partition coefficient (Wildman–Crippen LogP) is 15.4. The lowest BCUT2D eigenvalue weighted by Gasteiger charge is -2.60. The van der Waals surface area contributed by atoms with Crippen molar-refractivity contribution in [3.05, 3.63) is 209 Å². The summed E-state index contributed by atoms with van der Waals surface area (Å²) in [5.74, 6) is 2.34. The molecule has 8 aromatic rings. The van der Waals surface area contributed by atoms with Crippen LogP contribution in [-0.2, 0) is 44.3 Å². The second-order valence-corrected chi connectivity index (χ2v) is 40.7. The summed E-state index contributed by atoms with van der Waals surface area (Å²) in [6.07, 6.45) is -0.462. The molecule has 6 aliphatic heterocycles. The van der Waals surface area contributed by atoms with Crippen molar-refractivity contribution in [2.75, 3.05) is 123 Å². The molecule has 2 fully saturated rings. The number of benzene rings is 8. The first-order valence-electron chi connectivity index (χ1n) is 44.8. The number of ether oxygens (including phenoxy) is 11. The molecule has 0 aromatic heterocycles. The molecule has 11 atom stereocenters. The van der Waals surface area contributed by atoms with Gasteiger partial charge in [0.2, 0.25) is 0 Å². The molecule has 30 heteroatoms. The second kappa shape index (κ2) is 39.1. The summed E-state index contributed by atoms with van der Waals surface area (Å²) in [5, 5.41) is 79.6. The molecule has 29 nitrogen and oxygen atoms in total. The van der Waals surface area contributed by atoms with E-state index in [1.807, 2.05) is 84.0 Å². The number of rotatable bonds is 27. The quantitative estimate of drug-likeness (QED) is 0.0143. The highest BCUT2D eigenvalue weighted by atomic mass is 28.4. The van der Waals surface area contributed by atoms with E-state index >= 15 is 0 Å². The van der Waals surface area contributed by atoms with Gasteiger partial charge in [-0.05, 0) is 116 Å². The highest BCUT2D eigenvalue weighted by molar-refractivity contribution is 6.75. The Balaban J connectivity index is 0.000000207. The van der Waals surface area contributed by atoms with Crippen LogP contribution in [0.5, 0.6) is 69.0 Å². The van der Waals surface area contributed by atoms with Gasteiger partial charge in [0.25, 0.3) is 12.8 Å². The average Bonchev–Trinajstić information content (AvgIpc) is 0.994. The van der Waals surface area contributed by atoms with E-state index in [0.717, 1.165) is 50.1 Å². The van der Waals surface area contributed by atoms with Crippen molar-refractivity contribution in [2.24, 2.45) is 0 Å². The van der Waals surface area contributed by atoms with Gasteiger partial charge in [0.15, 0.2) is 54.3 Å². The molecule has 7 N–H and O–H groups in total. The second-order valence-electron chi connectivity index (χ2n) is 35.7. The van der Waals surface area contributed by atoms with Gasteiger partial charge < -0.3 is 92.9 Å². The molecule has 5 unspecified atom stereocenters. The third-order valence-electron chi connectivity index (χ3n) is 29.1. The summed E-state index contributed by atoms with van der Waals surface area (Å²) < 4.78 is 72.4. The number of alkyl carbamates (subject to hydrolysis) is 2. The lowest BCUT2D eigenvalue weighted by Crippen LogP contribution is -2.69. The van der Waals surface area contributed by atoms with E-state index in [9.17, 15) is 40.5 Å². The number of carbonyl (C=O) groups excluding carboxylic acids is 2. The Morgan fingerprint density at radius 2 is 0.977 bits per heavy atom. The standard InChI is InChI=1S/C57H74N6O10Si.C44H45N5O8/c1-32(2)74(13,33(3)4)73-24-22-36-29-62(23-25-71-36)56(59-8)46-27-42-48(51(65)55(70-12)35(6)53(42)68-10)49(63(46)31-58-7)44-26-41-47(50(64)54(69-11)34(5)52(41)67-9)45(61-44)28-60-57(66)72-30-43-39-20-16-14-18-37(39)38-19-15-17-21-40(38)43;1-22-40(53-3)28-18-32-37-36-29(41(54-4)23(2)43(56-6)39(36)51)17-31(48(37)16-15-45)33(19-46)49(32)34(35(28)38(50)42(22)55-5)20-47-44(52)57-21-30-26-13-9-7-11-24(26)25-12-8-10-14-27(25)30/h14-21,32-33,36,43-46,49,56,61,64-65H,22-31H2,1-6,9-13H3,(H,60,66);7-14,30-34,37,50-51H,16-18,20-21H2,1-6H3,(H,47,52)/t36-,44?,45-,46?,49?,56?;31-,32-,33-,34?,37-/m00/s1. The average molecular weight is 1800 g/mol. The molecule has 8 aliphatic rings. The van der Waals surface area contributed by atoms with Crippen LogP contribution in [0.25, 0.3) is 31.9 Å². The molecule has 690 valence electrons. The van der Waals surface area contributed by atoms with Crippen LogP contribution >= 0.6 is 0 Å². The normalized spacial score (nSPS) is 21.4. The van der Waals surface area contributed by atoms with Crippen molar-refractivity contribution in [1.82, 2.24) is 35.6 Å². The van der Waals surface area contributed by atoms with Gasteiger partial charge in [-0.2, -0.15) is 10.5 Å². The number of phenols is 4. The van der Waals surface area contributed by atoms with E-state index in [1.165, 1.54) is 28.4 Å². The Hall–Kier alpha value is -12.2. The molecule has 0 radical (unpaired) electrons. The maximum Gasteiger partial charge on any atom is 0.407 e. The van der Waals surface area contributed by atoms with Gasteiger partial charge in [0.05, 0.1) is 112 Å². The first-order valence-corrected chi connectivity index (χ1v) is 47.3. The van der Waals surface area contributed by atoms with Crippen LogP contribution in [-0.4, -0.2) is 226 Å². The maximum absolute atomic E-state index is 13.9. The number of nitrogens with one attached hydrogen (secondary N) is 3. The zero-order chi connectivity index (χ0) is 93.5. The number of methoxy groups -OCH3 is 8. The molecular formula is C101H119N11O18Si. The minimum Gasteiger partial charge on any atom is -0.504 e. The van der Waals surface area contributed by atoms with Crippen molar-refractivity contribution in [3.8, 4) is 103 Å².